The Morgan fingerprint density at radius 1 is 1.15 bits per heavy atom. The van der Waals surface area contributed by atoms with Gasteiger partial charge in [0.25, 0.3) is 0 Å². The van der Waals surface area contributed by atoms with E-state index in [0.29, 0.717) is 6.54 Å². The van der Waals surface area contributed by atoms with Gasteiger partial charge in [-0.3, -0.25) is 9.69 Å². The van der Waals surface area contributed by atoms with Crippen molar-refractivity contribution in [1.82, 2.24) is 4.90 Å². The highest BCUT2D eigenvalue weighted by molar-refractivity contribution is 5.77. The van der Waals surface area contributed by atoms with Crippen molar-refractivity contribution in [2.24, 2.45) is 0 Å². The van der Waals surface area contributed by atoms with Crippen molar-refractivity contribution in [2.75, 3.05) is 20.1 Å². The highest BCUT2D eigenvalue weighted by Gasteiger charge is 1.97. The Morgan fingerprint density at radius 3 is 1.77 bits per heavy atom. The molecule has 0 saturated carbocycles. The average Bonchev–Trinajstić information content (AvgIpc) is 2.10. The second kappa shape index (κ2) is 17.6. The van der Waals surface area contributed by atoms with Crippen LogP contribution in [0.5, 0.6) is 0 Å². The molecule has 0 bridgehead atoms. The summed E-state index contributed by atoms with van der Waals surface area (Å²) in [7, 11) is 1.96. The summed E-state index contributed by atoms with van der Waals surface area (Å²) < 4.78 is 0. The summed E-state index contributed by atoms with van der Waals surface area (Å²) >= 11 is 0. The molecule has 0 saturated heterocycles. The van der Waals surface area contributed by atoms with Gasteiger partial charge < -0.3 is 0 Å². The van der Waals surface area contributed by atoms with Crippen molar-refractivity contribution in [3.63, 3.8) is 0 Å². The van der Waals surface area contributed by atoms with E-state index in [0.717, 1.165) is 13.0 Å². The van der Waals surface area contributed by atoms with E-state index in [1.165, 1.54) is 0 Å². The lowest BCUT2D eigenvalue weighted by atomic mass is 10.4. The highest BCUT2D eigenvalue weighted by atomic mass is 16.1. The first kappa shape index (κ1) is 18.4. The molecule has 0 fully saturated rings. The number of Topliss-reactive ketones (excluding diaryl/α,β-unsaturated/α-hetero) is 1. The molecule has 0 spiro atoms. The van der Waals surface area contributed by atoms with Crippen LogP contribution in [-0.4, -0.2) is 30.8 Å². The van der Waals surface area contributed by atoms with E-state index in [4.69, 9.17) is 0 Å². The molecule has 0 aliphatic heterocycles. The van der Waals surface area contributed by atoms with E-state index >= 15 is 0 Å². The average molecular weight is 189 g/mol. The van der Waals surface area contributed by atoms with Crippen LogP contribution in [0.25, 0.3) is 0 Å². The monoisotopic (exact) mass is 189 g/mol. The van der Waals surface area contributed by atoms with Gasteiger partial charge in [-0.05, 0) is 26.9 Å². The Hall–Kier alpha value is -0.370. The van der Waals surface area contributed by atoms with Crippen molar-refractivity contribution in [2.45, 2.75) is 48.0 Å². The zero-order valence-corrected chi connectivity index (χ0v) is 10.5. The second-order valence-electron chi connectivity index (χ2n) is 2.44. The predicted octanol–water partition coefficient (Wildman–Crippen LogP) is 2.97. The summed E-state index contributed by atoms with van der Waals surface area (Å²) in [6.07, 6.45) is 1.11. The lowest BCUT2D eigenvalue weighted by Crippen LogP contribution is -2.24. The minimum absolute atomic E-state index is 0.242. The Labute approximate surface area is 84.3 Å². The third-order valence-electron chi connectivity index (χ3n) is 1.10. The van der Waals surface area contributed by atoms with E-state index in [2.05, 4.69) is 6.92 Å². The van der Waals surface area contributed by atoms with E-state index in [9.17, 15) is 4.79 Å². The third kappa shape index (κ3) is 24.5. The summed E-state index contributed by atoms with van der Waals surface area (Å²) in [4.78, 5) is 12.5. The van der Waals surface area contributed by atoms with Crippen LogP contribution >= 0.6 is 0 Å². The van der Waals surface area contributed by atoms with Gasteiger partial charge in [-0.25, -0.2) is 0 Å². The Kier molecular flexibility index (Phi) is 25.0. The molecule has 13 heavy (non-hydrogen) atoms. The first-order chi connectivity index (χ1) is 6.16. The number of hydrogen-bond acceptors (Lipinski definition) is 2. The van der Waals surface area contributed by atoms with Crippen molar-refractivity contribution in [3.05, 3.63) is 0 Å². The molecule has 2 nitrogen and oxygen atoms in total. The molecule has 0 aromatic carbocycles. The molecule has 0 aromatic rings. The van der Waals surface area contributed by atoms with Crippen molar-refractivity contribution in [3.8, 4) is 0 Å². The maximum Gasteiger partial charge on any atom is 0.143 e. The van der Waals surface area contributed by atoms with Crippen LogP contribution in [-0.2, 0) is 4.79 Å². The van der Waals surface area contributed by atoms with Gasteiger partial charge in [0.05, 0.1) is 6.54 Å². The fraction of sp³-hybridized carbons (Fsp3) is 0.909. The molecule has 0 aliphatic rings. The molecule has 0 aromatic heterocycles. The molecule has 0 atom stereocenters. The van der Waals surface area contributed by atoms with E-state index in [-0.39, 0.29) is 5.78 Å². The fourth-order valence-electron chi connectivity index (χ4n) is 0.841. The summed E-state index contributed by atoms with van der Waals surface area (Å²) in [5.41, 5.74) is 0. The van der Waals surface area contributed by atoms with E-state index in [1.54, 1.807) is 6.92 Å². The van der Waals surface area contributed by atoms with Gasteiger partial charge in [0.1, 0.15) is 5.78 Å². The third-order valence-corrected chi connectivity index (χ3v) is 1.10. The number of carbonyl (C=O) groups excluding carboxylic acids is 1. The summed E-state index contributed by atoms with van der Waals surface area (Å²) in [6.45, 7) is 13.3. The fourth-order valence-corrected chi connectivity index (χ4v) is 0.841. The summed E-state index contributed by atoms with van der Waals surface area (Å²) in [6, 6.07) is 0. The molecule has 82 valence electrons. The SMILES string of the molecule is CC.CC.CCCN(C)CC(C)=O. The van der Waals surface area contributed by atoms with Crippen LogP contribution in [0.1, 0.15) is 48.0 Å². The normalized spacial score (nSPS) is 8.00. The Balaban J connectivity index is -0.000000218. The Bertz CT molecular complexity index is 92.1. The van der Waals surface area contributed by atoms with Crippen LogP contribution in [0.4, 0.5) is 0 Å². The van der Waals surface area contributed by atoms with Gasteiger partial charge in [0.2, 0.25) is 0 Å². The molecule has 0 rings (SSSR count). The minimum Gasteiger partial charge on any atom is -0.299 e. The lowest BCUT2D eigenvalue weighted by Gasteiger charge is -2.11. The quantitative estimate of drug-likeness (QED) is 0.677. The predicted molar refractivity (Wildman–Crippen MR) is 61.2 cm³/mol. The van der Waals surface area contributed by atoms with Gasteiger partial charge in [-0.15, -0.1) is 0 Å². The van der Waals surface area contributed by atoms with Gasteiger partial charge in [-0.1, -0.05) is 34.6 Å². The summed E-state index contributed by atoms with van der Waals surface area (Å²) in [5.74, 6) is 0.242. The van der Waals surface area contributed by atoms with Gasteiger partial charge in [0.15, 0.2) is 0 Å². The molecule has 0 N–H and O–H groups in total. The molecule has 0 heterocycles. The standard InChI is InChI=1S/C7H15NO.2C2H6/c1-4-5-8(3)6-7(2)9;2*1-2/h4-6H2,1-3H3;2*1-2H3. The zero-order chi connectivity index (χ0) is 11.3. The van der Waals surface area contributed by atoms with Crippen LogP contribution in [0.15, 0.2) is 0 Å². The van der Waals surface area contributed by atoms with E-state index < -0.39 is 0 Å². The number of ketones is 1. The van der Waals surface area contributed by atoms with Gasteiger partial charge in [-0.2, -0.15) is 0 Å². The van der Waals surface area contributed by atoms with Crippen LogP contribution in [0.2, 0.25) is 0 Å². The molecule has 2 heteroatoms. The zero-order valence-electron chi connectivity index (χ0n) is 10.5. The molecule has 0 amide bonds. The number of hydrogen-bond donors (Lipinski definition) is 0. The molecule has 0 aliphatic carbocycles. The molecule has 0 radical (unpaired) electrons. The van der Waals surface area contributed by atoms with Crippen LogP contribution < -0.4 is 0 Å². The minimum atomic E-state index is 0.242. The highest BCUT2D eigenvalue weighted by Crippen LogP contribution is 1.85. The summed E-state index contributed by atoms with van der Waals surface area (Å²) in [5, 5.41) is 0. The van der Waals surface area contributed by atoms with Crippen molar-refractivity contribution < 1.29 is 4.79 Å². The van der Waals surface area contributed by atoms with Gasteiger partial charge in [0, 0.05) is 0 Å². The van der Waals surface area contributed by atoms with Gasteiger partial charge >= 0.3 is 0 Å². The first-order valence-electron chi connectivity index (χ1n) is 5.34. The Morgan fingerprint density at radius 2 is 1.54 bits per heavy atom. The maximum atomic E-state index is 10.5. The largest absolute Gasteiger partial charge is 0.299 e. The smallest absolute Gasteiger partial charge is 0.143 e. The van der Waals surface area contributed by atoms with Crippen LogP contribution in [0, 0.1) is 0 Å². The molecular weight excluding hydrogens is 162 g/mol. The van der Waals surface area contributed by atoms with Crippen molar-refractivity contribution >= 4 is 5.78 Å². The van der Waals surface area contributed by atoms with E-state index in [1.807, 2.05) is 39.6 Å². The maximum absolute atomic E-state index is 10.5. The number of carbonyl (C=O) groups is 1. The second-order valence-corrected chi connectivity index (χ2v) is 2.44. The molecule has 0 unspecified atom stereocenters. The lowest BCUT2D eigenvalue weighted by molar-refractivity contribution is -0.117. The molecular formula is C11H27NO. The number of rotatable bonds is 4. The van der Waals surface area contributed by atoms with Crippen molar-refractivity contribution in [1.29, 1.82) is 0 Å². The first-order valence-corrected chi connectivity index (χ1v) is 5.34. The number of nitrogens with zero attached hydrogens (tertiary/aromatic N) is 1. The topological polar surface area (TPSA) is 20.3 Å². The number of likely N-dealkylation sites (N-methyl/N-ethyl adjacent to an activating group) is 1. The van der Waals surface area contributed by atoms with Crippen LogP contribution in [0.3, 0.4) is 0 Å².